The van der Waals surface area contributed by atoms with Crippen molar-refractivity contribution in [2.24, 2.45) is 11.8 Å². The van der Waals surface area contributed by atoms with Gasteiger partial charge in [-0.1, -0.05) is 5.16 Å². The number of carbonyl (C=O) groups excluding carboxylic acids is 1. The summed E-state index contributed by atoms with van der Waals surface area (Å²) >= 11 is 0. The summed E-state index contributed by atoms with van der Waals surface area (Å²) in [5, 5.41) is 21.7. The number of aliphatic hydroxyl groups excluding tert-OH is 1. The minimum atomic E-state index is -1.63. The molecule has 0 radical (unpaired) electrons. The summed E-state index contributed by atoms with van der Waals surface area (Å²) in [4.78, 5) is 11.4. The van der Waals surface area contributed by atoms with Crippen LogP contribution < -0.4 is 11.3 Å². The van der Waals surface area contributed by atoms with Gasteiger partial charge in [-0.05, 0) is 25.7 Å². The van der Waals surface area contributed by atoms with Gasteiger partial charge >= 0.3 is 0 Å². The Morgan fingerprint density at radius 3 is 2.61 bits per heavy atom. The fourth-order valence-corrected chi connectivity index (χ4v) is 2.39. The molecule has 7 nitrogen and oxygen atoms in total. The first-order valence-electron chi connectivity index (χ1n) is 5.95. The molecule has 1 aromatic heterocycles. The van der Waals surface area contributed by atoms with Crippen molar-refractivity contribution in [2.75, 3.05) is 0 Å². The molecule has 0 aromatic carbocycles. The first-order valence-corrected chi connectivity index (χ1v) is 5.95. The third-order valence-electron chi connectivity index (χ3n) is 3.46. The van der Waals surface area contributed by atoms with E-state index in [0.717, 1.165) is 25.7 Å². The summed E-state index contributed by atoms with van der Waals surface area (Å²) in [6.07, 6.45) is 1.48. The maximum atomic E-state index is 11.4. The zero-order chi connectivity index (χ0) is 13.1. The molecule has 2 rings (SSSR count). The van der Waals surface area contributed by atoms with Gasteiger partial charge in [-0.25, -0.2) is 5.84 Å². The number of rotatable bonds is 3. The Morgan fingerprint density at radius 1 is 1.44 bits per heavy atom. The van der Waals surface area contributed by atoms with E-state index in [9.17, 15) is 4.79 Å². The Labute approximate surface area is 104 Å². The van der Waals surface area contributed by atoms with Crippen LogP contribution in [-0.2, 0) is 4.79 Å². The highest BCUT2D eigenvalue weighted by molar-refractivity contribution is 5.78. The highest BCUT2D eigenvalue weighted by atomic mass is 16.5. The number of hydrazine groups is 1. The lowest BCUT2D eigenvalue weighted by Crippen LogP contribution is -2.37. The molecule has 7 heteroatoms. The number of amides is 1. The summed E-state index contributed by atoms with van der Waals surface area (Å²) in [6, 6.07) is 1.55. The summed E-state index contributed by atoms with van der Waals surface area (Å²) in [5.74, 6) is 5.18. The lowest BCUT2D eigenvalue weighted by molar-refractivity contribution is -0.126. The van der Waals surface area contributed by atoms with Crippen LogP contribution in [0.3, 0.4) is 0 Å². The number of aromatic nitrogens is 1. The standard InChI is InChI=1S/C11H17N3O4/c12-13-10(15)7-3-1-6(2-4-7)8-5-9(11(16)17)18-14-8/h5-7,11,16-17H,1-4,12H2,(H,13,15). The van der Waals surface area contributed by atoms with Gasteiger partial charge in [0.05, 0.1) is 5.69 Å². The van der Waals surface area contributed by atoms with Crippen LogP contribution in [0.5, 0.6) is 0 Å². The van der Waals surface area contributed by atoms with Crippen LogP contribution in [0.1, 0.15) is 49.3 Å². The van der Waals surface area contributed by atoms with Crippen molar-refractivity contribution in [3.8, 4) is 0 Å². The molecule has 0 atom stereocenters. The van der Waals surface area contributed by atoms with Crippen LogP contribution in [0.15, 0.2) is 10.6 Å². The van der Waals surface area contributed by atoms with E-state index in [4.69, 9.17) is 20.6 Å². The second-order valence-electron chi connectivity index (χ2n) is 4.58. The number of nitrogens with one attached hydrogen (secondary N) is 1. The number of carbonyl (C=O) groups is 1. The van der Waals surface area contributed by atoms with Crippen molar-refractivity contribution < 1.29 is 19.5 Å². The van der Waals surface area contributed by atoms with E-state index in [0.29, 0.717) is 5.69 Å². The van der Waals surface area contributed by atoms with E-state index in [1.54, 1.807) is 6.07 Å². The molecule has 1 heterocycles. The first-order chi connectivity index (χ1) is 8.61. The average Bonchev–Trinajstić information content (AvgIpc) is 2.88. The van der Waals surface area contributed by atoms with Gasteiger partial charge in [0.15, 0.2) is 5.76 Å². The zero-order valence-electron chi connectivity index (χ0n) is 9.87. The zero-order valence-corrected chi connectivity index (χ0v) is 9.87. The molecule has 0 saturated heterocycles. The van der Waals surface area contributed by atoms with E-state index in [1.165, 1.54) is 0 Å². The molecule has 1 aliphatic rings. The van der Waals surface area contributed by atoms with Crippen molar-refractivity contribution in [1.29, 1.82) is 0 Å². The Balaban J connectivity index is 1.94. The van der Waals surface area contributed by atoms with Gasteiger partial charge in [0.1, 0.15) is 0 Å². The number of nitrogens with two attached hydrogens (primary N) is 1. The quantitative estimate of drug-likeness (QED) is 0.259. The number of hydrogen-bond acceptors (Lipinski definition) is 6. The molecule has 0 bridgehead atoms. The normalized spacial score (nSPS) is 24.2. The highest BCUT2D eigenvalue weighted by Gasteiger charge is 2.28. The number of nitrogens with zero attached hydrogens (tertiary/aromatic N) is 1. The van der Waals surface area contributed by atoms with Crippen LogP contribution in [0, 0.1) is 5.92 Å². The molecule has 1 aliphatic carbocycles. The molecule has 1 saturated carbocycles. The molecule has 18 heavy (non-hydrogen) atoms. The van der Waals surface area contributed by atoms with Gasteiger partial charge in [-0.3, -0.25) is 10.2 Å². The average molecular weight is 255 g/mol. The molecule has 0 spiro atoms. The Bertz CT molecular complexity index is 410. The Hall–Kier alpha value is -1.44. The molecule has 100 valence electrons. The predicted molar refractivity (Wildman–Crippen MR) is 60.7 cm³/mol. The van der Waals surface area contributed by atoms with Crippen LogP contribution >= 0.6 is 0 Å². The van der Waals surface area contributed by atoms with Gasteiger partial charge in [-0.15, -0.1) is 0 Å². The maximum absolute atomic E-state index is 11.4. The van der Waals surface area contributed by atoms with E-state index in [2.05, 4.69) is 10.6 Å². The van der Waals surface area contributed by atoms with Gasteiger partial charge < -0.3 is 14.7 Å². The van der Waals surface area contributed by atoms with Crippen LogP contribution in [-0.4, -0.2) is 21.3 Å². The summed E-state index contributed by atoms with van der Waals surface area (Å²) in [7, 11) is 0. The minimum Gasteiger partial charge on any atom is -0.362 e. The molecule has 1 amide bonds. The van der Waals surface area contributed by atoms with Crippen molar-refractivity contribution >= 4 is 5.91 Å². The van der Waals surface area contributed by atoms with E-state index < -0.39 is 6.29 Å². The van der Waals surface area contributed by atoms with Crippen molar-refractivity contribution in [1.82, 2.24) is 10.6 Å². The SMILES string of the molecule is NNC(=O)C1CCC(c2cc(C(O)O)on2)CC1. The first kappa shape index (κ1) is 13.0. The summed E-state index contributed by atoms with van der Waals surface area (Å²) in [6.45, 7) is 0. The van der Waals surface area contributed by atoms with E-state index in [1.807, 2.05) is 0 Å². The lowest BCUT2D eigenvalue weighted by atomic mass is 9.80. The smallest absolute Gasteiger partial charge is 0.236 e. The molecule has 0 unspecified atom stereocenters. The third-order valence-corrected chi connectivity index (χ3v) is 3.46. The van der Waals surface area contributed by atoms with Gasteiger partial charge in [0.2, 0.25) is 12.2 Å². The largest absolute Gasteiger partial charge is 0.362 e. The van der Waals surface area contributed by atoms with Crippen molar-refractivity contribution in [3.05, 3.63) is 17.5 Å². The van der Waals surface area contributed by atoms with Crippen LogP contribution in [0.25, 0.3) is 0 Å². The summed E-state index contributed by atoms with van der Waals surface area (Å²) < 4.78 is 4.83. The fraction of sp³-hybridized carbons (Fsp3) is 0.636. The molecule has 5 N–H and O–H groups in total. The van der Waals surface area contributed by atoms with E-state index in [-0.39, 0.29) is 23.5 Å². The molecule has 0 aliphatic heterocycles. The topological polar surface area (TPSA) is 122 Å². The third kappa shape index (κ3) is 2.69. The minimum absolute atomic E-state index is 0.0407. The van der Waals surface area contributed by atoms with Gasteiger partial charge in [0.25, 0.3) is 0 Å². The Kier molecular flexibility index (Phi) is 3.95. The number of hydrogen-bond donors (Lipinski definition) is 4. The monoisotopic (exact) mass is 255 g/mol. The second kappa shape index (κ2) is 5.47. The lowest BCUT2D eigenvalue weighted by Gasteiger charge is -2.25. The molecule has 1 fully saturated rings. The molecular weight excluding hydrogens is 238 g/mol. The maximum Gasteiger partial charge on any atom is 0.236 e. The van der Waals surface area contributed by atoms with Crippen LogP contribution in [0.2, 0.25) is 0 Å². The molecular formula is C11H17N3O4. The predicted octanol–water partition coefficient (Wildman–Crippen LogP) is -0.0785. The molecule has 1 aromatic rings. The van der Waals surface area contributed by atoms with Gasteiger partial charge in [0, 0.05) is 17.9 Å². The highest BCUT2D eigenvalue weighted by Crippen LogP contribution is 2.35. The van der Waals surface area contributed by atoms with Crippen molar-refractivity contribution in [2.45, 2.75) is 37.9 Å². The van der Waals surface area contributed by atoms with Gasteiger partial charge in [-0.2, -0.15) is 0 Å². The Morgan fingerprint density at radius 2 is 2.11 bits per heavy atom. The number of aliphatic hydroxyl groups is 2. The van der Waals surface area contributed by atoms with E-state index >= 15 is 0 Å². The van der Waals surface area contributed by atoms with Crippen molar-refractivity contribution in [3.63, 3.8) is 0 Å². The van der Waals surface area contributed by atoms with Crippen LogP contribution in [0.4, 0.5) is 0 Å². The second-order valence-corrected chi connectivity index (χ2v) is 4.58. The fourth-order valence-electron chi connectivity index (χ4n) is 2.39. The summed E-state index contributed by atoms with van der Waals surface area (Å²) in [5.41, 5.74) is 2.88.